The van der Waals surface area contributed by atoms with E-state index in [1.165, 1.54) is 4.90 Å². The van der Waals surface area contributed by atoms with Crippen LogP contribution in [0.4, 0.5) is 18.0 Å². The number of nitrogens with one attached hydrogen (secondary N) is 2. The van der Waals surface area contributed by atoms with Crippen molar-refractivity contribution in [2.24, 2.45) is 5.92 Å². The van der Waals surface area contributed by atoms with Crippen LogP contribution in [0.2, 0.25) is 0 Å². The molecule has 0 radical (unpaired) electrons. The molecular formula is C24H30F3N5O4. The van der Waals surface area contributed by atoms with Crippen molar-refractivity contribution < 1.29 is 32.3 Å². The second kappa shape index (κ2) is 11.0. The van der Waals surface area contributed by atoms with Gasteiger partial charge in [-0.3, -0.25) is 9.59 Å². The van der Waals surface area contributed by atoms with E-state index < -0.39 is 41.0 Å². The minimum Gasteiger partial charge on any atom is -0.444 e. The summed E-state index contributed by atoms with van der Waals surface area (Å²) in [7, 11) is 0. The first-order chi connectivity index (χ1) is 16.8. The SMILES string of the molecule is CC(C)(C)OC(=O)N1CCCC(C(=O)NCCNC(=O)c2cn(-c3ccccc3)nc2C(F)(F)F)C1. The van der Waals surface area contributed by atoms with Crippen LogP contribution in [0.5, 0.6) is 0 Å². The molecule has 0 saturated carbocycles. The number of rotatable bonds is 6. The predicted octanol–water partition coefficient (Wildman–Crippen LogP) is 3.38. The van der Waals surface area contributed by atoms with Crippen LogP contribution in [-0.4, -0.2) is 64.4 Å². The molecule has 2 N–H and O–H groups in total. The molecular weight excluding hydrogens is 479 g/mol. The first kappa shape index (κ1) is 27.0. The van der Waals surface area contributed by atoms with Crippen molar-refractivity contribution in [1.29, 1.82) is 0 Å². The number of para-hydroxylation sites is 1. The lowest BCUT2D eigenvalue weighted by Crippen LogP contribution is -2.47. The Balaban J connectivity index is 1.53. The monoisotopic (exact) mass is 509 g/mol. The lowest BCUT2D eigenvalue weighted by Gasteiger charge is -2.33. The number of piperidine rings is 1. The highest BCUT2D eigenvalue weighted by Crippen LogP contribution is 2.31. The molecule has 1 aromatic carbocycles. The van der Waals surface area contributed by atoms with Crippen LogP contribution in [0.25, 0.3) is 5.69 Å². The zero-order chi connectivity index (χ0) is 26.5. The maximum absolute atomic E-state index is 13.5. The van der Waals surface area contributed by atoms with Crippen molar-refractivity contribution >= 4 is 17.9 Å². The van der Waals surface area contributed by atoms with Gasteiger partial charge in [0.15, 0.2) is 5.69 Å². The molecule has 1 unspecified atom stereocenters. The molecule has 12 heteroatoms. The lowest BCUT2D eigenvalue weighted by atomic mass is 9.97. The van der Waals surface area contributed by atoms with Crippen molar-refractivity contribution in [3.8, 4) is 5.69 Å². The molecule has 1 aliphatic rings. The van der Waals surface area contributed by atoms with E-state index in [0.717, 1.165) is 10.9 Å². The summed E-state index contributed by atoms with van der Waals surface area (Å²) in [6.07, 6.45) is -3.05. The van der Waals surface area contributed by atoms with E-state index in [9.17, 15) is 27.6 Å². The highest BCUT2D eigenvalue weighted by Gasteiger charge is 2.39. The first-order valence-corrected chi connectivity index (χ1v) is 11.6. The average Bonchev–Trinajstić information content (AvgIpc) is 3.28. The number of aromatic nitrogens is 2. The molecule has 1 fully saturated rings. The maximum Gasteiger partial charge on any atom is 0.435 e. The Kier molecular flexibility index (Phi) is 8.26. The molecule has 0 spiro atoms. The van der Waals surface area contributed by atoms with E-state index in [-0.39, 0.29) is 25.5 Å². The van der Waals surface area contributed by atoms with Crippen LogP contribution >= 0.6 is 0 Å². The number of carbonyl (C=O) groups is 3. The number of amides is 3. The van der Waals surface area contributed by atoms with E-state index in [2.05, 4.69) is 15.7 Å². The number of likely N-dealkylation sites (tertiary alicyclic amines) is 1. The second-order valence-corrected chi connectivity index (χ2v) is 9.48. The van der Waals surface area contributed by atoms with Gasteiger partial charge in [0, 0.05) is 32.4 Å². The Hall–Kier alpha value is -3.57. The second-order valence-electron chi connectivity index (χ2n) is 9.48. The largest absolute Gasteiger partial charge is 0.444 e. The van der Waals surface area contributed by atoms with Crippen LogP contribution in [0.15, 0.2) is 36.5 Å². The Morgan fingerprint density at radius 1 is 1.08 bits per heavy atom. The van der Waals surface area contributed by atoms with Crippen LogP contribution < -0.4 is 10.6 Å². The number of alkyl halides is 3. The average molecular weight is 510 g/mol. The summed E-state index contributed by atoms with van der Waals surface area (Å²) in [5, 5.41) is 8.62. The van der Waals surface area contributed by atoms with Gasteiger partial charge in [0.1, 0.15) is 5.60 Å². The number of ether oxygens (including phenoxy) is 1. The minimum atomic E-state index is -4.82. The van der Waals surface area contributed by atoms with E-state index >= 15 is 0 Å². The summed E-state index contributed by atoms with van der Waals surface area (Å²) in [5.41, 5.74) is -2.17. The summed E-state index contributed by atoms with van der Waals surface area (Å²) in [5.74, 6) is -1.69. The molecule has 1 aromatic heterocycles. The molecule has 1 aliphatic heterocycles. The Labute approximate surface area is 207 Å². The fourth-order valence-corrected chi connectivity index (χ4v) is 3.75. The van der Waals surface area contributed by atoms with Crippen LogP contribution in [0, 0.1) is 5.92 Å². The molecule has 1 saturated heterocycles. The van der Waals surface area contributed by atoms with Crippen LogP contribution in [0.3, 0.4) is 0 Å². The van der Waals surface area contributed by atoms with Gasteiger partial charge in [0.25, 0.3) is 5.91 Å². The lowest BCUT2D eigenvalue weighted by molar-refractivity contribution is -0.141. The number of hydrogen-bond acceptors (Lipinski definition) is 5. The summed E-state index contributed by atoms with van der Waals surface area (Å²) in [6, 6.07) is 8.14. The van der Waals surface area contributed by atoms with Gasteiger partial charge in [-0.25, -0.2) is 9.48 Å². The van der Waals surface area contributed by atoms with Crippen LogP contribution in [-0.2, 0) is 15.7 Å². The third-order valence-electron chi connectivity index (χ3n) is 5.40. The van der Waals surface area contributed by atoms with Crippen molar-refractivity contribution in [3.05, 3.63) is 47.8 Å². The van der Waals surface area contributed by atoms with E-state index in [0.29, 0.717) is 25.1 Å². The molecule has 9 nitrogen and oxygen atoms in total. The third-order valence-corrected chi connectivity index (χ3v) is 5.40. The van der Waals surface area contributed by atoms with E-state index in [1.807, 2.05) is 0 Å². The Morgan fingerprint density at radius 2 is 1.75 bits per heavy atom. The molecule has 0 aliphatic carbocycles. The molecule has 196 valence electrons. The van der Waals surface area contributed by atoms with E-state index in [4.69, 9.17) is 4.74 Å². The Morgan fingerprint density at radius 3 is 2.39 bits per heavy atom. The summed E-state index contributed by atoms with van der Waals surface area (Å²) < 4.78 is 46.8. The molecule has 1 atom stereocenters. The summed E-state index contributed by atoms with van der Waals surface area (Å²) >= 11 is 0. The zero-order valence-electron chi connectivity index (χ0n) is 20.4. The van der Waals surface area contributed by atoms with Crippen molar-refractivity contribution in [2.45, 2.75) is 45.4 Å². The van der Waals surface area contributed by atoms with Gasteiger partial charge in [0.05, 0.1) is 17.2 Å². The highest BCUT2D eigenvalue weighted by atomic mass is 19.4. The normalized spacial score (nSPS) is 16.4. The molecule has 3 rings (SSSR count). The predicted molar refractivity (Wildman–Crippen MR) is 124 cm³/mol. The topological polar surface area (TPSA) is 106 Å². The number of carbonyl (C=O) groups excluding carboxylic acids is 3. The molecule has 2 heterocycles. The third kappa shape index (κ3) is 7.22. The maximum atomic E-state index is 13.5. The smallest absolute Gasteiger partial charge is 0.435 e. The standard InChI is InChI=1S/C24H30F3N5O4/c1-23(2,3)36-22(35)31-13-7-8-16(14-31)20(33)28-11-12-29-21(34)18-15-32(17-9-5-4-6-10-17)30-19(18)24(25,26)27/h4-6,9-10,15-16H,7-8,11-14H2,1-3H3,(H,28,33)(H,29,34). The van der Waals surface area contributed by atoms with Crippen molar-refractivity contribution in [3.63, 3.8) is 0 Å². The van der Waals surface area contributed by atoms with Gasteiger partial charge in [-0.1, -0.05) is 18.2 Å². The minimum absolute atomic E-state index is 0.0156. The number of benzene rings is 1. The Bertz CT molecular complexity index is 1080. The van der Waals surface area contributed by atoms with Gasteiger partial charge in [0.2, 0.25) is 5.91 Å². The van der Waals surface area contributed by atoms with Gasteiger partial charge in [-0.2, -0.15) is 18.3 Å². The zero-order valence-corrected chi connectivity index (χ0v) is 20.4. The quantitative estimate of drug-likeness (QED) is 0.581. The molecule has 36 heavy (non-hydrogen) atoms. The van der Waals surface area contributed by atoms with Gasteiger partial charge in [-0.15, -0.1) is 0 Å². The number of halogens is 3. The highest BCUT2D eigenvalue weighted by molar-refractivity contribution is 5.95. The fraction of sp³-hybridized carbons (Fsp3) is 0.500. The molecule has 2 aromatic rings. The van der Waals surface area contributed by atoms with E-state index in [1.54, 1.807) is 51.1 Å². The summed E-state index contributed by atoms with van der Waals surface area (Å²) in [4.78, 5) is 38.8. The van der Waals surface area contributed by atoms with Gasteiger partial charge in [-0.05, 0) is 45.7 Å². The molecule has 0 bridgehead atoms. The number of nitrogens with zero attached hydrogens (tertiary/aromatic N) is 3. The van der Waals surface area contributed by atoms with Crippen molar-refractivity contribution in [2.75, 3.05) is 26.2 Å². The van der Waals surface area contributed by atoms with Gasteiger partial charge < -0.3 is 20.3 Å². The number of hydrogen-bond donors (Lipinski definition) is 2. The summed E-state index contributed by atoms with van der Waals surface area (Å²) in [6.45, 7) is 5.92. The van der Waals surface area contributed by atoms with Crippen molar-refractivity contribution in [1.82, 2.24) is 25.3 Å². The fourth-order valence-electron chi connectivity index (χ4n) is 3.75. The van der Waals surface area contributed by atoms with Gasteiger partial charge >= 0.3 is 12.3 Å². The molecule has 3 amide bonds. The van der Waals surface area contributed by atoms with Crippen LogP contribution in [0.1, 0.15) is 49.7 Å². The first-order valence-electron chi connectivity index (χ1n) is 11.6.